The molecule has 2 heterocycles. The highest BCUT2D eigenvalue weighted by atomic mass is 31.1. The zero-order chi connectivity index (χ0) is 17.1. The Bertz CT molecular complexity index is 407. The maximum Gasteiger partial charge on any atom is 0.697 e. The second kappa shape index (κ2) is 8.30. The number of aliphatic hydroxyl groups excluding tert-OH is 1. The second-order valence-electron chi connectivity index (χ2n) is 6.45. The predicted molar refractivity (Wildman–Crippen MR) is 83.3 cm³/mol. The molecule has 3 unspecified atom stereocenters. The van der Waals surface area contributed by atoms with Gasteiger partial charge in [-0.05, 0) is 13.8 Å². The summed E-state index contributed by atoms with van der Waals surface area (Å²) in [6, 6.07) is 0. The topological polar surface area (TPSA) is 83.5 Å². The zero-order valence-electron chi connectivity index (χ0n) is 14.4. The largest absolute Gasteiger partial charge is 0.697 e. The number of rotatable bonds is 7. The molecule has 0 saturated carbocycles. The van der Waals surface area contributed by atoms with E-state index in [9.17, 15) is 9.67 Å². The summed E-state index contributed by atoms with van der Waals surface area (Å²) in [4.78, 5) is 0. The first kappa shape index (κ1) is 19.2. The first-order chi connectivity index (χ1) is 10.9. The van der Waals surface area contributed by atoms with Crippen LogP contribution in [0.15, 0.2) is 0 Å². The molecule has 0 aromatic heterocycles. The van der Waals surface area contributed by atoms with Crippen LogP contribution in [0.2, 0.25) is 0 Å². The average molecular weight is 351 g/mol. The Balaban J connectivity index is 1.83. The van der Waals surface area contributed by atoms with Gasteiger partial charge in [0.1, 0.15) is 24.9 Å². The van der Waals surface area contributed by atoms with Gasteiger partial charge in [-0.15, -0.1) is 9.05 Å². The molecule has 7 nitrogen and oxygen atoms in total. The van der Waals surface area contributed by atoms with E-state index in [4.69, 9.17) is 23.3 Å². The van der Waals surface area contributed by atoms with Crippen molar-refractivity contribution in [3.05, 3.63) is 0 Å². The number of methoxy groups -OCH3 is 1. The van der Waals surface area contributed by atoms with E-state index in [0.29, 0.717) is 0 Å². The Morgan fingerprint density at radius 1 is 1.00 bits per heavy atom. The highest BCUT2D eigenvalue weighted by Gasteiger charge is 2.47. The number of hydrogen-bond donors (Lipinski definition) is 1. The maximum absolute atomic E-state index is 12.1. The molecule has 2 aliphatic heterocycles. The highest BCUT2D eigenvalue weighted by Crippen LogP contribution is 2.38. The summed E-state index contributed by atoms with van der Waals surface area (Å²) in [6.07, 6.45) is -1.27. The van der Waals surface area contributed by atoms with Gasteiger partial charge in [0.25, 0.3) is 0 Å². The Kier molecular flexibility index (Phi) is 6.92. The van der Waals surface area contributed by atoms with Crippen LogP contribution in [0.1, 0.15) is 27.7 Å². The van der Waals surface area contributed by atoms with E-state index >= 15 is 0 Å². The fraction of sp³-hybridized carbons (Fsp3) is 1.00. The highest BCUT2D eigenvalue weighted by molar-refractivity contribution is 7.33. The molecule has 9 atom stereocenters. The third kappa shape index (κ3) is 4.28. The van der Waals surface area contributed by atoms with Crippen LogP contribution in [0.5, 0.6) is 0 Å². The van der Waals surface area contributed by atoms with E-state index in [1.54, 1.807) is 7.11 Å². The second-order valence-corrected chi connectivity index (χ2v) is 7.37. The quantitative estimate of drug-likeness (QED) is 0.701. The molecule has 8 heteroatoms. The molecular formula is C15H28O7P+. The van der Waals surface area contributed by atoms with Crippen molar-refractivity contribution in [2.75, 3.05) is 20.3 Å². The lowest BCUT2D eigenvalue weighted by atomic mass is 9.99. The minimum atomic E-state index is -2.32. The van der Waals surface area contributed by atoms with Crippen molar-refractivity contribution in [2.45, 2.75) is 64.3 Å². The molecule has 2 saturated heterocycles. The van der Waals surface area contributed by atoms with Crippen molar-refractivity contribution in [3.8, 4) is 0 Å². The van der Waals surface area contributed by atoms with Crippen molar-refractivity contribution < 1.29 is 32.9 Å². The van der Waals surface area contributed by atoms with Crippen molar-refractivity contribution >= 4 is 8.25 Å². The molecule has 2 aliphatic rings. The summed E-state index contributed by atoms with van der Waals surface area (Å²) >= 11 is 0. The van der Waals surface area contributed by atoms with Crippen molar-refractivity contribution in [1.82, 2.24) is 0 Å². The van der Waals surface area contributed by atoms with Gasteiger partial charge in [0.15, 0.2) is 0 Å². The molecule has 0 bridgehead atoms. The minimum Gasteiger partial charge on any atom is -0.394 e. The van der Waals surface area contributed by atoms with Gasteiger partial charge in [0, 0.05) is 23.5 Å². The van der Waals surface area contributed by atoms with Gasteiger partial charge in [-0.3, -0.25) is 0 Å². The van der Waals surface area contributed by atoms with Crippen LogP contribution < -0.4 is 0 Å². The van der Waals surface area contributed by atoms with E-state index < -0.39 is 20.5 Å². The fourth-order valence-electron chi connectivity index (χ4n) is 3.24. The summed E-state index contributed by atoms with van der Waals surface area (Å²) in [7, 11) is -0.679. The van der Waals surface area contributed by atoms with Crippen LogP contribution in [0.3, 0.4) is 0 Å². The first-order valence-electron chi connectivity index (χ1n) is 8.10. The van der Waals surface area contributed by atoms with Gasteiger partial charge in [0.2, 0.25) is 0 Å². The first-order valence-corrected chi connectivity index (χ1v) is 9.20. The minimum absolute atomic E-state index is 0.0317. The molecule has 0 aromatic rings. The van der Waals surface area contributed by atoms with Gasteiger partial charge in [-0.1, -0.05) is 13.8 Å². The smallest absolute Gasteiger partial charge is 0.394 e. The molecule has 0 amide bonds. The van der Waals surface area contributed by atoms with Crippen LogP contribution in [0, 0.1) is 11.8 Å². The maximum atomic E-state index is 12.1. The summed E-state index contributed by atoms with van der Waals surface area (Å²) in [5, 5.41) is 9.34. The molecule has 0 aliphatic carbocycles. The molecule has 2 fully saturated rings. The molecule has 2 rings (SSSR count). The van der Waals surface area contributed by atoms with Gasteiger partial charge in [-0.25, -0.2) is 0 Å². The zero-order valence-corrected chi connectivity index (χ0v) is 15.3. The third-order valence-electron chi connectivity index (χ3n) is 5.03. The molecule has 23 heavy (non-hydrogen) atoms. The van der Waals surface area contributed by atoms with E-state index in [-0.39, 0.29) is 49.5 Å². The summed E-state index contributed by atoms with van der Waals surface area (Å²) in [5.41, 5.74) is 0. The van der Waals surface area contributed by atoms with Crippen LogP contribution in [-0.4, -0.2) is 62.1 Å². The Morgan fingerprint density at radius 3 is 2.13 bits per heavy atom. The summed E-state index contributed by atoms with van der Waals surface area (Å²) in [5.74, 6) is 0.277. The normalized spacial score (nSPS) is 44.7. The lowest BCUT2D eigenvalue weighted by Gasteiger charge is -2.17. The summed E-state index contributed by atoms with van der Waals surface area (Å²) < 4.78 is 39.7. The molecular weight excluding hydrogens is 323 g/mol. The lowest BCUT2D eigenvalue weighted by molar-refractivity contribution is -0.0327. The SMILES string of the molecule is CO[C@@H]1C(C)[C@H](C)O[C@@H]1CO[P+](=O)O[C@@H]1C(C)[C@H](C)O[C@@H]1CO. The number of ether oxygens (including phenoxy) is 3. The van der Waals surface area contributed by atoms with Crippen LogP contribution in [0.4, 0.5) is 0 Å². The Labute approximate surface area is 138 Å². The molecule has 1 N–H and O–H groups in total. The van der Waals surface area contributed by atoms with Crippen LogP contribution >= 0.6 is 8.25 Å². The van der Waals surface area contributed by atoms with E-state index in [0.717, 1.165) is 0 Å². The number of hydrogen-bond acceptors (Lipinski definition) is 7. The number of aliphatic hydroxyl groups is 1. The van der Waals surface area contributed by atoms with Crippen molar-refractivity contribution in [1.29, 1.82) is 0 Å². The molecule has 134 valence electrons. The van der Waals surface area contributed by atoms with E-state index in [2.05, 4.69) is 6.92 Å². The standard InChI is InChI=1S/C15H28O7P/c1-8-10(3)21-13(14(8)18-5)7-19-23(17)22-15-9(2)11(4)20-12(15)6-16/h8-16H,6-7H2,1-5H3/q+1/t8?,9?,10-,11-,12+,13+,14+,15+/m0/s1. The molecule has 0 spiro atoms. The van der Waals surface area contributed by atoms with Gasteiger partial charge in [-0.2, -0.15) is 0 Å². The monoisotopic (exact) mass is 351 g/mol. The van der Waals surface area contributed by atoms with Gasteiger partial charge in [0.05, 0.1) is 24.9 Å². The summed E-state index contributed by atoms with van der Waals surface area (Å²) in [6.45, 7) is 7.86. The fourth-order valence-corrected chi connectivity index (χ4v) is 4.10. The van der Waals surface area contributed by atoms with E-state index in [1.165, 1.54) is 0 Å². The lowest BCUT2D eigenvalue weighted by Crippen LogP contribution is -2.32. The Morgan fingerprint density at radius 2 is 1.57 bits per heavy atom. The van der Waals surface area contributed by atoms with Crippen molar-refractivity contribution in [3.63, 3.8) is 0 Å². The average Bonchev–Trinajstić information content (AvgIpc) is 2.95. The van der Waals surface area contributed by atoms with Crippen LogP contribution in [-0.2, 0) is 27.8 Å². The van der Waals surface area contributed by atoms with Gasteiger partial charge < -0.3 is 19.3 Å². The van der Waals surface area contributed by atoms with Gasteiger partial charge >= 0.3 is 8.25 Å². The Hall–Kier alpha value is -0.140. The molecule has 0 aromatic carbocycles. The van der Waals surface area contributed by atoms with Crippen LogP contribution in [0.25, 0.3) is 0 Å². The van der Waals surface area contributed by atoms with Crippen molar-refractivity contribution in [2.24, 2.45) is 11.8 Å². The third-order valence-corrected chi connectivity index (χ3v) is 5.81. The molecule has 0 radical (unpaired) electrons. The predicted octanol–water partition coefficient (Wildman–Crippen LogP) is 1.90. The van der Waals surface area contributed by atoms with E-state index in [1.807, 2.05) is 20.8 Å².